The molecule has 1 N–H and O–H groups in total. The second-order valence-electron chi connectivity index (χ2n) is 10.3. The summed E-state index contributed by atoms with van der Waals surface area (Å²) in [4.78, 5) is 29.1. The van der Waals surface area contributed by atoms with Crippen LogP contribution in [0.4, 0.5) is 5.69 Å². The van der Waals surface area contributed by atoms with Crippen LogP contribution in [0.15, 0.2) is 51.0 Å². The van der Waals surface area contributed by atoms with Gasteiger partial charge in [0.15, 0.2) is 5.78 Å². The molecular weight excluding hydrogens is 516 g/mol. The van der Waals surface area contributed by atoms with E-state index in [0.29, 0.717) is 23.6 Å². The maximum Gasteiger partial charge on any atom is 0.251 e. The molecule has 2 aliphatic rings. The van der Waals surface area contributed by atoms with Crippen LogP contribution in [0.2, 0.25) is 0 Å². The van der Waals surface area contributed by atoms with E-state index in [1.165, 1.54) is 5.57 Å². The number of rotatable bonds is 7. The first-order valence-electron chi connectivity index (χ1n) is 13.2. The molecule has 0 saturated carbocycles. The summed E-state index contributed by atoms with van der Waals surface area (Å²) < 4.78 is 6.44. The Labute approximate surface area is 225 Å². The number of Topliss-reactive ketones (excluding diaryl/α,β-unsaturated/α-hetero) is 1. The molecule has 196 valence electrons. The van der Waals surface area contributed by atoms with E-state index >= 15 is 0 Å². The minimum Gasteiger partial charge on any atom is -0.381 e. The van der Waals surface area contributed by atoms with Gasteiger partial charge in [-0.15, -0.1) is 0 Å². The lowest BCUT2D eigenvalue weighted by Crippen LogP contribution is -2.40. The van der Waals surface area contributed by atoms with Crippen molar-refractivity contribution in [1.82, 2.24) is 5.32 Å². The Morgan fingerprint density at radius 3 is 2.47 bits per heavy atom. The zero-order chi connectivity index (χ0) is 26.4. The van der Waals surface area contributed by atoms with Gasteiger partial charge in [-0.05, 0) is 76.1 Å². The lowest BCUT2D eigenvalue weighted by Gasteiger charge is -2.36. The molecule has 1 aromatic carbocycles. The Morgan fingerprint density at radius 2 is 1.83 bits per heavy atom. The first-order valence-corrected chi connectivity index (χ1v) is 14.0. The summed E-state index contributed by atoms with van der Waals surface area (Å²) in [6, 6.07) is 4.39. The van der Waals surface area contributed by atoms with Crippen LogP contribution in [0.5, 0.6) is 0 Å². The van der Waals surface area contributed by atoms with E-state index in [2.05, 4.69) is 79.0 Å². The van der Waals surface area contributed by atoms with E-state index in [1.54, 1.807) is 0 Å². The first kappa shape index (κ1) is 28.4. The smallest absolute Gasteiger partial charge is 0.251 e. The molecule has 3 rings (SSSR count). The number of benzene rings is 1. The molecule has 1 fully saturated rings. The minimum atomic E-state index is -0.156. The SMILES string of the molecule is CCN(c1cc(Br)cc(C(=O)NCC2=C(C(C)C)C=C(C)C=C(C)CCC2=O)c1C)C1CCOCC1. The molecule has 0 unspecified atom stereocenters. The Hall–Kier alpha value is -2.18. The fourth-order valence-corrected chi connectivity index (χ4v) is 5.70. The van der Waals surface area contributed by atoms with Gasteiger partial charge in [0, 0.05) is 60.1 Å². The Bertz CT molecular complexity index is 1080. The number of ether oxygens (including phenoxy) is 1. The van der Waals surface area contributed by atoms with Crippen molar-refractivity contribution in [3.63, 3.8) is 0 Å². The van der Waals surface area contributed by atoms with Crippen molar-refractivity contribution in [2.45, 2.75) is 73.3 Å². The fourth-order valence-electron chi connectivity index (χ4n) is 5.26. The highest BCUT2D eigenvalue weighted by molar-refractivity contribution is 9.10. The molecular formula is C30H41BrN2O3. The van der Waals surface area contributed by atoms with E-state index < -0.39 is 0 Å². The number of carbonyl (C=O) groups is 2. The van der Waals surface area contributed by atoms with Crippen molar-refractivity contribution < 1.29 is 14.3 Å². The summed E-state index contributed by atoms with van der Waals surface area (Å²) in [5.74, 6) is 0.136. The van der Waals surface area contributed by atoms with Crippen molar-refractivity contribution in [3.05, 3.63) is 62.2 Å². The Morgan fingerprint density at radius 1 is 1.14 bits per heavy atom. The maximum atomic E-state index is 13.5. The zero-order valence-electron chi connectivity index (χ0n) is 22.7. The summed E-state index contributed by atoms with van der Waals surface area (Å²) in [6.45, 7) is 15.1. The first-order chi connectivity index (χ1) is 17.1. The van der Waals surface area contributed by atoms with Crippen LogP contribution in [-0.2, 0) is 9.53 Å². The van der Waals surface area contributed by atoms with Gasteiger partial charge in [0.25, 0.3) is 5.91 Å². The average molecular weight is 558 g/mol. The molecule has 0 bridgehead atoms. The molecule has 1 aliphatic heterocycles. The predicted molar refractivity (Wildman–Crippen MR) is 152 cm³/mol. The van der Waals surface area contributed by atoms with E-state index in [1.807, 2.05) is 13.0 Å². The van der Waals surface area contributed by atoms with Gasteiger partial charge in [0.1, 0.15) is 0 Å². The number of carbonyl (C=O) groups excluding carboxylic acids is 2. The lowest BCUT2D eigenvalue weighted by molar-refractivity contribution is -0.115. The third-order valence-electron chi connectivity index (χ3n) is 7.21. The van der Waals surface area contributed by atoms with Gasteiger partial charge in [0.05, 0.1) is 0 Å². The number of nitrogens with one attached hydrogen (secondary N) is 1. The molecule has 1 aromatic rings. The van der Waals surface area contributed by atoms with Crippen LogP contribution in [0.3, 0.4) is 0 Å². The van der Waals surface area contributed by atoms with Crippen LogP contribution >= 0.6 is 15.9 Å². The van der Waals surface area contributed by atoms with E-state index in [0.717, 1.165) is 65.9 Å². The van der Waals surface area contributed by atoms with Gasteiger partial charge in [-0.25, -0.2) is 0 Å². The minimum absolute atomic E-state index is 0.112. The molecule has 5 nitrogen and oxygen atoms in total. The molecule has 0 spiro atoms. The predicted octanol–water partition coefficient (Wildman–Crippen LogP) is 6.70. The van der Waals surface area contributed by atoms with Crippen LogP contribution in [0, 0.1) is 12.8 Å². The van der Waals surface area contributed by atoms with E-state index in [9.17, 15) is 9.59 Å². The van der Waals surface area contributed by atoms with Gasteiger partial charge in [-0.2, -0.15) is 0 Å². The number of hydrogen-bond donors (Lipinski definition) is 1. The summed E-state index contributed by atoms with van der Waals surface area (Å²) in [7, 11) is 0. The van der Waals surface area contributed by atoms with Crippen LogP contribution in [-0.4, -0.2) is 44.0 Å². The number of allylic oxidation sites excluding steroid dienone is 5. The molecule has 0 radical (unpaired) electrons. The third kappa shape index (κ3) is 6.98. The summed E-state index contributed by atoms with van der Waals surface area (Å²) >= 11 is 3.63. The molecule has 1 amide bonds. The molecule has 1 aliphatic carbocycles. The van der Waals surface area contributed by atoms with Gasteiger partial charge in [-0.3, -0.25) is 9.59 Å². The number of anilines is 1. The van der Waals surface area contributed by atoms with Crippen molar-refractivity contribution in [1.29, 1.82) is 0 Å². The number of amides is 1. The number of halogens is 1. The summed E-state index contributed by atoms with van der Waals surface area (Å²) in [6.07, 6.45) is 7.42. The Kier molecular flexibility index (Phi) is 10.1. The normalized spacial score (nSPS) is 17.8. The van der Waals surface area contributed by atoms with Crippen molar-refractivity contribution in [2.24, 2.45) is 5.92 Å². The fraction of sp³-hybridized carbons (Fsp3) is 0.533. The standard InChI is InChI=1S/C30H41BrN2O3/c1-7-33(24-10-12-36-13-11-24)28-17-23(31)16-26(22(28)6)30(35)32-18-27-25(19(2)3)15-21(5)14-20(4)8-9-29(27)34/h14-17,19,24H,7-13,18H2,1-6H3,(H,32,35). The van der Waals surface area contributed by atoms with Crippen molar-refractivity contribution >= 4 is 33.3 Å². The molecule has 0 atom stereocenters. The van der Waals surface area contributed by atoms with Crippen LogP contribution in [0.1, 0.15) is 76.2 Å². The highest BCUT2D eigenvalue weighted by Crippen LogP contribution is 2.32. The zero-order valence-corrected chi connectivity index (χ0v) is 24.3. The second kappa shape index (κ2) is 12.9. The lowest BCUT2D eigenvalue weighted by atomic mass is 9.92. The van der Waals surface area contributed by atoms with Gasteiger partial charge in [-0.1, -0.05) is 53.1 Å². The van der Waals surface area contributed by atoms with Crippen molar-refractivity contribution in [2.75, 3.05) is 31.2 Å². The Balaban J connectivity index is 1.90. The monoisotopic (exact) mass is 556 g/mol. The molecule has 6 heteroatoms. The van der Waals surface area contributed by atoms with Crippen LogP contribution in [0.25, 0.3) is 0 Å². The number of nitrogens with zero attached hydrogens (tertiary/aromatic N) is 1. The molecule has 0 aromatic heterocycles. The topological polar surface area (TPSA) is 58.6 Å². The van der Waals surface area contributed by atoms with E-state index in [-0.39, 0.29) is 24.2 Å². The van der Waals surface area contributed by atoms with Gasteiger partial charge < -0.3 is 15.0 Å². The maximum absolute atomic E-state index is 13.5. The number of hydrogen-bond acceptors (Lipinski definition) is 4. The number of ketones is 1. The summed E-state index contributed by atoms with van der Waals surface area (Å²) in [5.41, 5.74) is 6.72. The van der Waals surface area contributed by atoms with Crippen LogP contribution < -0.4 is 10.2 Å². The summed E-state index contributed by atoms with van der Waals surface area (Å²) in [5, 5.41) is 3.09. The average Bonchev–Trinajstić information content (AvgIpc) is 2.89. The molecule has 1 saturated heterocycles. The highest BCUT2D eigenvalue weighted by atomic mass is 79.9. The largest absolute Gasteiger partial charge is 0.381 e. The van der Waals surface area contributed by atoms with Gasteiger partial charge in [0.2, 0.25) is 0 Å². The van der Waals surface area contributed by atoms with Gasteiger partial charge >= 0.3 is 0 Å². The highest BCUT2D eigenvalue weighted by Gasteiger charge is 2.25. The third-order valence-corrected chi connectivity index (χ3v) is 7.67. The quantitative estimate of drug-likeness (QED) is 0.405. The van der Waals surface area contributed by atoms with Crippen molar-refractivity contribution in [3.8, 4) is 0 Å². The van der Waals surface area contributed by atoms with E-state index in [4.69, 9.17) is 4.74 Å². The second-order valence-corrected chi connectivity index (χ2v) is 11.2. The molecule has 36 heavy (non-hydrogen) atoms. The molecule has 1 heterocycles.